The molecule has 0 N–H and O–H groups in total. The van der Waals surface area contributed by atoms with Gasteiger partial charge in [-0.05, 0) is 59.6 Å². The maximum atomic E-state index is 6.07. The fourth-order valence-electron chi connectivity index (χ4n) is 3.67. The molecule has 3 rings (SSSR count). The molecular formula is C21H26ClN3. The predicted molar refractivity (Wildman–Crippen MR) is 106 cm³/mol. The highest BCUT2D eigenvalue weighted by Crippen LogP contribution is 2.37. The summed E-state index contributed by atoms with van der Waals surface area (Å²) in [4.78, 5) is 1.73. The maximum Gasteiger partial charge on any atom is 0.115 e. The lowest BCUT2D eigenvalue weighted by atomic mass is 9.72. The van der Waals surface area contributed by atoms with Gasteiger partial charge in [-0.2, -0.15) is 4.80 Å². The van der Waals surface area contributed by atoms with Gasteiger partial charge in [0.2, 0.25) is 0 Å². The zero-order chi connectivity index (χ0) is 18.4. The van der Waals surface area contributed by atoms with Gasteiger partial charge in [0.1, 0.15) is 11.0 Å². The van der Waals surface area contributed by atoms with Crippen LogP contribution in [0.4, 0.5) is 0 Å². The molecule has 1 heterocycles. The normalized spacial score (nSPS) is 12.8. The molecule has 0 aliphatic rings. The van der Waals surface area contributed by atoms with E-state index < -0.39 is 0 Å². The van der Waals surface area contributed by atoms with Crippen molar-refractivity contribution in [3.8, 4) is 5.69 Å². The molecule has 0 fully saturated rings. The standard InChI is InChI=1S/C21H26ClN3/c1-14-7-8-15(21(5,6)13-20(2,3)4)11-19(14)25-23-17-10-9-16(22)12-18(17)24-25/h7-12H,13H2,1-6H3. The van der Waals surface area contributed by atoms with Crippen molar-refractivity contribution in [3.63, 3.8) is 0 Å². The highest BCUT2D eigenvalue weighted by Gasteiger charge is 2.28. The second kappa shape index (κ2) is 6.14. The molecule has 0 amide bonds. The Morgan fingerprint density at radius 3 is 2.28 bits per heavy atom. The number of aryl methyl sites for hydroxylation is 1. The maximum absolute atomic E-state index is 6.07. The summed E-state index contributed by atoms with van der Waals surface area (Å²) in [6.45, 7) is 13.6. The van der Waals surface area contributed by atoms with Gasteiger partial charge in [-0.3, -0.25) is 0 Å². The molecule has 25 heavy (non-hydrogen) atoms. The molecule has 3 nitrogen and oxygen atoms in total. The molecule has 0 spiro atoms. The second-order valence-electron chi connectivity index (χ2n) is 8.75. The Bertz CT molecular complexity index is 917. The number of nitrogens with zero attached hydrogens (tertiary/aromatic N) is 3. The summed E-state index contributed by atoms with van der Waals surface area (Å²) in [6, 6.07) is 12.2. The van der Waals surface area contributed by atoms with E-state index in [1.807, 2.05) is 18.2 Å². The van der Waals surface area contributed by atoms with Crippen molar-refractivity contribution >= 4 is 22.6 Å². The number of hydrogen-bond donors (Lipinski definition) is 0. The minimum atomic E-state index is 0.0799. The highest BCUT2D eigenvalue weighted by atomic mass is 35.5. The fourth-order valence-corrected chi connectivity index (χ4v) is 3.84. The zero-order valence-corrected chi connectivity index (χ0v) is 16.6. The van der Waals surface area contributed by atoms with Gasteiger partial charge in [0.15, 0.2) is 0 Å². The summed E-state index contributed by atoms with van der Waals surface area (Å²) in [6.07, 6.45) is 1.10. The van der Waals surface area contributed by atoms with E-state index in [1.54, 1.807) is 4.80 Å². The number of aromatic nitrogens is 3. The highest BCUT2D eigenvalue weighted by molar-refractivity contribution is 6.31. The summed E-state index contributed by atoms with van der Waals surface area (Å²) in [5.41, 5.74) is 5.49. The molecule has 0 aliphatic carbocycles. The first-order chi connectivity index (χ1) is 11.5. The van der Waals surface area contributed by atoms with Crippen LogP contribution in [0.2, 0.25) is 5.02 Å². The Kier molecular flexibility index (Phi) is 4.40. The minimum Gasteiger partial charge on any atom is -0.150 e. The van der Waals surface area contributed by atoms with Crippen LogP contribution in [-0.4, -0.2) is 15.0 Å². The molecule has 0 saturated carbocycles. The van der Waals surface area contributed by atoms with E-state index in [0.29, 0.717) is 5.02 Å². The van der Waals surface area contributed by atoms with E-state index in [1.165, 1.54) is 5.56 Å². The minimum absolute atomic E-state index is 0.0799. The Labute approximate surface area is 155 Å². The Morgan fingerprint density at radius 2 is 1.60 bits per heavy atom. The van der Waals surface area contributed by atoms with Gasteiger partial charge >= 0.3 is 0 Å². The van der Waals surface area contributed by atoms with Gasteiger partial charge in [-0.15, -0.1) is 10.2 Å². The van der Waals surface area contributed by atoms with Crippen LogP contribution in [-0.2, 0) is 5.41 Å². The molecule has 0 saturated heterocycles. The van der Waals surface area contributed by atoms with Crippen LogP contribution in [0.15, 0.2) is 36.4 Å². The monoisotopic (exact) mass is 355 g/mol. The Morgan fingerprint density at radius 1 is 0.920 bits per heavy atom. The van der Waals surface area contributed by atoms with E-state index >= 15 is 0 Å². The molecule has 4 heteroatoms. The van der Waals surface area contributed by atoms with Gasteiger partial charge in [0.05, 0.1) is 5.69 Å². The summed E-state index contributed by atoms with van der Waals surface area (Å²) in [5, 5.41) is 9.93. The molecule has 132 valence electrons. The molecule has 0 radical (unpaired) electrons. The van der Waals surface area contributed by atoms with Gasteiger partial charge in [-0.1, -0.05) is 58.4 Å². The van der Waals surface area contributed by atoms with Crippen LogP contribution in [0.1, 0.15) is 52.2 Å². The van der Waals surface area contributed by atoms with Crippen molar-refractivity contribution in [1.29, 1.82) is 0 Å². The third-order valence-electron chi connectivity index (χ3n) is 4.52. The molecule has 0 bridgehead atoms. The van der Waals surface area contributed by atoms with E-state index in [9.17, 15) is 0 Å². The second-order valence-corrected chi connectivity index (χ2v) is 9.18. The molecule has 2 aromatic carbocycles. The van der Waals surface area contributed by atoms with Crippen molar-refractivity contribution in [2.24, 2.45) is 5.41 Å². The molecule has 3 aromatic rings. The van der Waals surface area contributed by atoms with Crippen LogP contribution < -0.4 is 0 Å². The quantitative estimate of drug-likeness (QED) is 0.568. The van der Waals surface area contributed by atoms with E-state index in [4.69, 9.17) is 11.6 Å². The van der Waals surface area contributed by atoms with Crippen molar-refractivity contribution in [1.82, 2.24) is 15.0 Å². The van der Waals surface area contributed by atoms with Crippen LogP contribution in [0.3, 0.4) is 0 Å². The summed E-state index contributed by atoms with van der Waals surface area (Å²) >= 11 is 6.07. The molecular weight excluding hydrogens is 330 g/mol. The number of fused-ring (bicyclic) bond motifs is 1. The SMILES string of the molecule is Cc1ccc(C(C)(C)CC(C)(C)C)cc1-n1nc2ccc(Cl)cc2n1. The van der Waals surface area contributed by atoms with Gasteiger partial charge in [0.25, 0.3) is 0 Å². The van der Waals surface area contributed by atoms with Gasteiger partial charge in [-0.25, -0.2) is 0 Å². The molecule has 0 atom stereocenters. The van der Waals surface area contributed by atoms with Crippen molar-refractivity contribution in [2.75, 3.05) is 0 Å². The third kappa shape index (κ3) is 3.87. The van der Waals surface area contributed by atoms with Gasteiger partial charge in [0, 0.05) is 5.02 Å². The Hall–Kier alpha value is -1.87. The summed E-state index contributed by atoms with van der Waals surface area (Å²) < 4.78 is 0. The van der Waals surface area contributed by atoms with E-state index in [2.05, 4.69) is 69.9 Å². The van der Waals surface area contributed by atoms with Crippen molar-refractivity contribution in [3.05, 3.63) is 52.5 Å². The fraction of sp³-hybridized carbons (Fsp3) is 0.429. The lowest BCUT2D eigenvalue weighted by Crippen LogP contribution is -2.25. The lowest BCUT2D eigenvalue weighted by molar-refractivity contribution is 0.284. The topological polar surface area (TPSA) is 30.7 Å². The predicted octanol–water partition coefficient (Wildman–Crippen LogP) is 6.10. The average molecular weight is 356 g/mol. The number of rotatable bonds is 3. The lowest BCUT2D eigenvalue weighted by Gasteiger charge is -2.33. The molecule has 0 aliphatic heterocycles. The smallest absolute Gasteiger partial charge is 0.115 e. The van der Waals surface area contributed by atoms with Crippen LogP contribution in [0, 0.1) is 12.3 Å². The zero-order valence-electron chi connectivity index (χ0n) is 15.9. The largest absolute Gasteiger partial charge is 0.150 e. The third-order valence-corrected chi connectivity index (χ3v) is 4.76. The number of halogens is 1. The number of hydrogen-bond acceptors (Lipinski definition) is 2. The first kappa shape index (κ1) is 17.9. The van der Waals surface area contributed by atoms with Gasteiger partial charge < -0.3 is 0 Å². The first-order valence-electron chi connectivity index (χ1n) is 8.69. The summed E-state index contributed by atoms with van der Waals surface area (Å²) in [5.74, 6) is 0. The van der Waals surface area contributed by atoms with Crippen LogP contribution >= 0.6 is 11.6 Å². The Balaban J connectivity index is 2.07. The molecule has 1 aromatic heterocycles. The van der Waals surface area contributed by atoms with Crippen LogP contribution in [0.25, 0.3) is 16.7 Å². The van der Waals surface area contributed by atoms with E-state index in [-0.39, 0.29) is 10.8 Å². The van der Waals surface area contributed by atoms with Crippen molar-refractivity contribution in [2.45, 2.75) is 53.4 Å². The first-order valence-corrected chi connectivity index (χ1v) is 9.07. The van der Waals surface area contributed by atoms with Crippen LogP contribution in [0.5, 0.6) is 0 Å². The van der Waals surface area contributed by atoms with Crippen molar-refractivity contribution < 1.29 is 0 Å². The average Bonchev–Trinajstić information content (AvgIpc) is 2.87. The molecule has 0 unspecified atom stereocenters. The van der Waals surface area contributed by atoms with E-state index in [0.717, 1.165) is 28.7 Å². The number of benzene rings is 2. The summed E-state index contributed by atoms with van der Waals surface area (Å²) in [7, 11) is 0.